The molecule has 0 spiro atoms. The first-order chi connectivity index (χ1) is 3.84. The molecule has 1 atom stereocenters. The van der Waals surface area contributed by atoms with Crippen molar-refractivity contribution < 1.29 is 4.79 Å². The van der Waals surface area contributed by atoms with Crippen LogP contribution in [-0.2, 0) is 4.79 Å². The number of carbonyl (C=O) groups excluding carboxylic acids is 1. The van der Waals surface area contributed by atoms with Gasteiger partial charge in [0.15, 0.2) is 0 Å². The first-order valence-electron chi connectivity index (χ1n) is 2.71. The lowest BCUT2D eigenvalue weighted by Gasteiger charge is -2.09. The van der Waals surface area contributed by atoms with E-state index < -0.39 is 0 Å². The Morgan fingerprint density at radius 3 is 2.88 bits per heavy atom. The number of hydrogen-bond donors (Lipinski definition) is 1. The molecule has 0 saturated carbocycles. The molecule has 1 rings (SSSR count). The summed E-state index contributed by atoms with van der Waals surface area (Å²) < 4.78 is 0. The van der Waals surface area contributed by atoms with Gasteiger partial charge in [0.1, 0.15) is 6.29 Å². The molecule has 3 nitrogen and oxygen atoms in total. The molecule has 1 aliphatic heterocycles. The molecule has 3 heteroatoms. The molecule has 0 amide bonds. The van der Waals surface area contributed by atoms with Gasteiger partial charge in [-0.25, -0.2) is 0 Å². The zero-order valence-corrected chi connectivity index (χ0v) is 4.92. The predicted octanol–water partition coefficient (Wildman–Crippen LogP) is -0.954. The highest BCUT2D eigenvalue weighted by Gasteiger charge is 2.18. The van der Waals surface area contributed by atoms with Crippen LogP contribution in [-0.4, -0.2) is 37.5 Å². The maximum absolute atomic E-state index is 10.1. The van der Waals surface area contributed by atoms with Crippen LogP contribution in [0.3, 0.4) is 0 Å². The van der Waals surface area contributed by atoms with Gasteiger partial charge in [-0.15, -0.1) is 0 Å². The van der Waals surface area contributed by atoms with Crippen molar-refractivity contribution in [2.24, 2.45) is 0 Å². The topological polar surface area (TPSA) is 32.3 Å². The third-order valence-electron chi connectivity index (χ3n) is 1.44. The number of hydrogen-bond acceptors (Lipinski definition) is 3. The van der Waals surface area contributed by atoms with Crippen molar-refractivity contribution in [2.45, 2.75) is 6.04 Å². The fourth-order valence-electron chi connectivity index (χ4n) is 0.814. The van der Waals surface area contributed by atoms with Gasteiger partial charge >= 0.3 is 0 Å². The second kappa shape index (κ2) is 2.24. The Bertz CT molecular complexity index is 94.4. The first kappa shape index (κ1) is 5.72. The summed E-state index contributed by atoms with van der Waals surface area (Å²) in [6.45, 7) is 1.64. The van der Waals surface area contributed by atoms with Gasteiger partial charge in [0, 0.05) is 13.2 Å². The van der Waals surface area contributed by atoms with Gasteiger partial charge in [0.05, 0.1) is 6.04 Å². The number of carbonyl (C=O) groups is 1. The maximum atomic E-state index is 10.1. The normalized spacial score (nSPS) is 30.9. The number of likely N-dealkylation sites (N-methyl/N-ethyl adjacent to an activating group) is 1. The fourth-order valence-corrected chi connectivity index (χ4v) is 0.814. The Morgan fingerprint density at radius 1 is 1.88 bits per heavy atom. The van der Waals surface area contributed by atoms with Crippen molar-refractivity contribution in [1.82, 2.24) is 10.2 Å². The van der Waals surface area contributed by atoms with Crippen molar-refractivity contribution >= 4 is 6.29 Å². The molecule has 1 N–H and O–H groups in total. The van der Waals surface area contributed by atoms with E-state index in [4.69, 9.17) is 0 Å². The molecule has 0 aromatic heterocycles. The molecule has 0 aromatic carbocycles. The molecule has 0 aromatic rings. The summed E-state index contributed by atoms with van der Waals surface area (Å²) in [7, 11) is 1.93. The van der Waals surface area contributed by atoms with E-state index in [9.17, 15) is 4.79 Å². The van der Waals surface area contributed by atoms with E-state index >= 15 is 0 Å². The van der Waals surface area contributed by atoms with Crippen LogP contribution < -0.4 is 5.32 Å². The summed E-state index contributed by atoms with van der Waals surface area (Å²) >= 11 is 0. The van der Waals surface area contributed by atoms with Crippen LogP contribution in [0, 0.1) is 0 Å². The maximum Gasteiger partial charge on any atom is 0.138 e. The summed E-state index contributed by atoms with van der Waals surface area (Å²) in [5.74, 6) is 0. The molecular weight excluding hydrogens is 104 g/mol. The molecule has 1 saturated heterocycles. The van der Waals surface area contributed by atoms with E-state index in [0.29, 0.717) is 0 Å². The van der Waals surface area contributed by atoms with Gasteiger partial charge in [-0.2, -0.15) is 0 Å². The van der Waals surface area contributed by atoms with Crippen LogP contribution in [0.2, 0.25) is 0 Å². The summed E-state index contributed by atoms with van der Waals surface area (Å²) in [6.07, 6.45) is 0.972. The SMILES string of the molecule is CN1CNCC1C=O. The molecule has 1 fully saturated rings. The molecule has 1 heterocycles. The standard InChI is InChI=1S/C5H10N2O/c1-7-4-6-2-5(7)3-8/h3,5-6H,2,4H2,1H3. The third-order valence-corrected chi connectivity index (χ3v) is 1.44. The molecule has 1 unspecified atom stereocenters. The van der Waals surface area contributed by atoms with E-state index in [-0.39, 0.29) is 6.04 Å². The Kier molecular flexibility index (Phi) is 1.60. The Balaban J connectivity index is 2.41. The van der Waals surface area contributed by atoms with E-state index in [0.717, 1.165) is 19.5 Å². The average Bonchev–Trinajstić information content (AvgIpc) is 2.14. The highest BCUT2D eigenvalue weighted by atomic mass is 16.1. The lowest BCUT2D eigenvalue weighted by molar-refractivity contribution is -0.110. The van der Waals surface area contributed by atoms with Gasteiger partial charge in [0.25, 0.3) is 0 Å². The highest BCUT2D eigenvalue weighted by molar-refractivity contribution is 5.58. The predicted molar refractivity (Wildman–Crippen MR) is 30.5 cm³/mol. The van der Waals surface area contributed by atoms with Crippen LogP contribution in [0.4, 0.5) is 0 Å². The van der Waals surface area contributed by atoms with Gasteiger partial charge in [-0.05, 0) is 7.05 Å². The van der Waals surface area contributed by atoms with Crippen LogP contribution in [0.15, 0.2) is 0 Å². The van der Waals surface area contributed by atoms with Crippen LogP contribution in [0.5, 0.6) is 0 Å². The molecule has 46 valence electrons. The minimum Gasteiger partial charge on any atom is -0.302 e. The second-order valence-corrected chi connectivity index (χ2v) is 2.07. The van der Waals surface area contributed by atoms with Crippen molar-refractivity contribution in [3.8, 4) is 0 Å². The van der Waals surface area contributed by atoms with Crippen molar-refractivity contribution in [2.75, 3.05) is 20.3 Å². The number of nitrogens with one attached hydrogen (secondary N) is 1. The summed E-state index contributed by atoms with van der Waals surface area (Å²) in [6, 6.07) is 0.106. The van der Waals surface area contributed by atoms with Gasteiger partial charge in [0.2, 0.25) is 0 Å². The summed E-state index contributed by atoms with van der Waals surface area (Å²) in [5.41, 5.74) is 0. The highest BCUT2D eigenvalue weighted by Crippen LogP contribution is 1.95. The third kappa shape index (κ3) is 0.877. The molecule has 1 aliphatic rings. The van der Waals surface area contributed by atoms with Crippen LogP contribution in [0.1, 0.15) is 0 Å². The Morgan fingerprint density at radius 2 is 2.62 bits per heavy atom. The van der Waals surface area contributed by atoms with Crippen molar-refractivity contribution in [3.63, 3.8) is 0 Å². The first-order valence-corrected chi connectivity index (χ1v) is 2.71. The zero-order chi connectivity index (χ0) is 5.98. The molecule has 8 heavy (non-hydrogen) atoms. The van der Waals surface area contributed by atoms with Crippen LogP contribution in [0.25, 0.3) is 0 Å². The Labute approximate surface area is 48.7 Å². The molecule has 0 bridgehead atoms. The molecule has 0 aliphatic carbocycles. The van der Waals surface area contributed by atoms with Gasteiger partial charge < -0.3 is 10.1 Å². The minimum absolute atomic E-state index is 0.106. The van der Waals surface area contributed by atoms with Crippen molar-refractivity contribution in [3.05, 3.63) is 0 Å². The average molecular weight is 114 g/mol. The number of rotatable bonds is 1. The van der Waals surface area contributed by atoms with E-state index in [2.05, 4.69) is 5.32 Å². The van der Waals surface area contributed by atoms with Gasteiger partial charge in [-0.1, -0.05) is 0 Å². The summed E-state index contributed by atoms with van der Waals surface area (Å²) in [5, 5.41) is 3.07. The lowest BCUT2D eigenvalue weighted by atomic mass is 10.3. The molecular formula is C5H10N2O. The fraction of sp³-hybridized carbons (Fsp3) is 0.800. The van der Waals surface area contributed by atoms with E-state index in [1.54, 1.807) is 0 Å². The van der Waals surface area contributed by atoms with Gasteiger partial charge in [-0.3, -0.25) is 4.90 Å². The second-order valence-electron chi connectivity index (χ2n) is 2.07. The van der Waals surface area contributed by atoms with E-state index in [1.807, 2.05) is 11.9 Å². The lowest BCUT2D eigenvalue weighted by Crippen LogP contribution is -2.27. The molecule has 0 radical (unpaired) electrons. The monoisotopic (exact) mass is 114 g/mol. The van der Waals surface area contributed by atoms with Crippen LogP contribution >= 0.6 is 0 Å². The largest absolute Gasteiger partial charge is 0.302 e. The number of aldehydes is 1. The quantitative estimate of drug-likeness (QED) is 0.446. The summed E-state index contributed by atoms with van der Waals surface area (Å²) in [4.78, 5) is 12.1. The minimum atomic E-state index is 0.106. The van der Waals surface area contributed by atoms with E-state index in [1.165, 1.54) is 0 Å². The Hall–Kier alpha value is -0.410. The number of nitrogens with zero attached hydrogens (tertiary/aromatic N) is 1. The zero-order valence-electron chi connectivity index (χ0n) is 4.92. The smallest absolute Gasteiger partial charge is 0.138 e. The van der Waals surface area contributed by atoms with Crippen molar-refractivity contribution in [1.29, 1.82) is 0 Å².